The second-order valence-electron chi connectivity index (χ2n) is 4.51. The second-order valence-corrected chi connectivity index (χ2v) is 29.8. The average Bonchev–Trinajstić information content (AvgIpc) is 2.41. The third kappa shape index (κ3) is 5.91. The van der Waals surface area contributed by atoms with Gasteiger partial charge < -0.3 is 0 Å². The fraction of sp³-hybridized carbons (Fsp3) is 0. The molecule has 0 spiro atoms. The summed E-state index contributed by atoms with van der Waals surface area (Å²) in [5, 5.41) is 0.682. The summed E-state index contributed by atoms with van der Waals surface area (Å²) in [4.78, 5) is 4.22. The van der Waals surface area contributed by atoms with Gasteiger partial charge in [0.1, 0.15) is 0 Å². The number of hydrogen-bond donors (Lipinski definition) is 0. The van der Waals surface area contributed by atoms with Crippen LogP contribution in [0.5, 0.6) is 0 Å². The van der Waals surface area contributed by atoms with Crippen molar-refractivity contribution >= 4 is 140 Å². The van der Waals surface area contributed by atoms with Crippen LogP contribution in [-0.4, -0.2) is 30.0 Å². The molecule has 0 aliphatic rings. The molecule has 0 fully saturated rings. The molecule has 0 radical (unpaired) electrons. The monoisotopic (exact) mass is 551 g/mol. The van der Waals surface area contributed by atoms with Crippen molar-refractivity contribution in [3.8, 4) is 0 Å². The molecule has 1 aromatic heterocycles. The molecule has 1 rings (SSSR count). The van der Waals surface area contributed by atoms with Gasteiger partial charge in [-0.1, -0.05) is 0 Å². The summed E-state index contributed by atoms with van der Waals surface area (Å²) in [7, 11) is 1.45. The molecule has 0 bridgehead atoms. The first-order valence-corrected chi connectivity index (χ1v) is 21.0. The molecule has 0 atom stereocenters. The van der Waals surface area contributed by atoms with Crippen molar-refractivity contribution in [2.75, 3.05) is 0 Å². The van der Waals surface area contributed by atoms with E-state index in [2.05, 4.69) is 24.6 Å². The van der Waals surface area contributed by atoms with Crippen LogP contribution in [0.1, 0.15) is 16.8 Å². The van der Waals surface area contributed by atoms with E-state index in [4.69, 9.17) is 99.7 Å². The van der Waals surface area contributed by atoms with Crippen LogP contribution in [0.15, 0.2) is 25.7 Å². The Labute approximate surface area is 186 Å². The van der Waals surface area contributed by atoms with Crippen LogP contribution in [0.2, 0.25) is 0 Å². The van der Waals surface area contributed by atoms with E-state index in [0.717, 1.165) is 0 Å². The maximum absolute atomic E-state index is 6.11. The van der Waals surface area contributed by atoms with E-state index in [-0.39, 0.29) is 21.3 Å². The Morgan fingerprint density at radius 2 is 1.17 bits per heavy atom. The molecule has 0 saturated heterocycles. The number of rotatable bonds is 6. The van der Waals surface area contributed by atoms with Crippen molar-refractivity contribution in [2.45, 2.75) is 0 Å². The molecule has 14 heteroatoms. The van der Waals surface area contributed by atoms with E-state index in [1.807, 2.05) is 0 Å². The summed E-state index contributed by atoms with van der Waals surface area (Å²) in [6, 6.07) is -10.1. The van der Waals surface area contributed by atoms with Gasteiger partial charge in [-0.05, 0) is 0 Å². The molecule has 1 heterocycles. The molecule has 0 aliphatic heterocycles. The molecule has 24 heavy (non-hydrogen) atoms. The Morgan fingerprint density at radius 1 is 0.750 bits per heavy atom. The molecule has 0 aromatic carbocycles. The first-order valence-electron chi connectivity index (χ1n) is 5.87. The molecule has 0 N–H and O–H groups in total. The average molecular weight is 555 g/mol. The Hall–Kier alpha value is 1.83. The van der Waals surface area contributed by atoms with Crippen LogP contribution in [0.25, 0.3) is 15.6 Å². The van der Waals surface area contributed by atoms with Gasteiger partial charge in [-0.3, -0.25) is 0 Å². The standard InChI is InChI=1S/C10H7BCl9NSi3/c1-5(22(12,13)14)8-4-11-21-10(7(3)24(18,19)20)9(8)6(2)23(15,16)17/h4H,1-3H2. The predicted octanol–water partition coefficient (Wildman–Crippen LogP) is 7.04. The summed E-state index contributed by atoms with van der Waals surface area (Å²) >= 11 is 54.7. The Morgan fingerprint density at radius 3 is 1.54 bits per heavy atom. The fourth-order valence-electron chi connectivity index (χ4n) is 1.68. The summed E-state index contributed by atoms with van der Waals surface area (Å²) < 4.78 is 0. The predicted molar refractivity (Wildman–Crippen MR) is 123 cm³/mol. The van der Waals surface area contributed by atoms with Crippen molar-refractivity contribution in [2.24, 2.45) is 0 Å². The SMILES string of the molecule is C=C(c1cbnc(C(=C)[Si](Cl)(Cl)Cl)c1C(=C)[Si](Cl)(Cl)Cl)[Si](Cl)(Cl)Cl. The minimum absolute atomic E-state index is 0.201. The van der Waals surface area contributed by atoms with Gasteiger partial charge in [0.25, 0.3) is 0 Å². The van der Waals surface area contributed by atoms with Crippen LogP contribution in [0.4, 0.5) is 0 Å². The molecule has 130 valence electrons. The van der Waals surface area contributed by atoms with Crippen molar-refractivity contribution in [1.82, 2.24) is 4.89 Å². The molecule has 1 aromatic rings. The van der Waals surface area contributed by atoms with Gasteiger partial charge in [0, 0.05) is 0 Å². The minimum atomic E-state index is -3.40. The van der Waals surface area contributed by atoms with E-state index >= 15 is 0 Å². The molecular weight excluding hydrogens is 548 g/mol. The molecular formula is C10H7BCl9NSi3. The second kappa shape index (κ2) is 8.46. The van der Waals surface area contributed by atoms with E-state index in [1.165, 1.54) is 7.05 Å². The Balaban J connectivity index is 3.79. The number of hydrogen-bond acceptors (Lipinski definition) is 1. The summed E-state index contributed by atoms with van der Waals surface area (Å²) in [5.41, 5.74) is 1.00. The van der Waals surface area contributed by atoms with Crippen LogP contribution in [0, 0.1) is 0 Å². The van der Waals surface area contributed by atoms with Crippen molar-refractivity contribution in [3.63, 3.8) is 0 Å². The van der Waals surface area contributed by atoms with Gasteiger partial charge in [-0.15, -0.1) is 0 Å². The fourth-order valence-corrected chi connectivity index (χ4v) is 5.76. The van der Waals surface area contributed by atoms with E-state index < -0.39 is 18.0 Å². The van der Waals surface area contributed by atoms with Crippen molar-refractivity contribution < 1.29 is 0 Å². The first kappa shape index (κ1) is 23.9. The molecule has 1 nitrogen and oxygen atoms in total. The topological polar surface area (TPSA) is 12.9 Å². The van der Waals surface area contributed by atoms with Crippen LogP contribution >= 0.6 is 99.7 Å². The summed E-state index contributed by atoms with van der Waals surface area (Å²) in [5.74, 6) is 1.58. The third-order valence-corrected chi connectivity index (χ3v) is 11.9. The molecule has 0 unspecified atom stereocenters. The van der Waals surface area contributed by atoms with Gasteiger partial charge in [0.2, 0.25) is 0 Å². The zero-order chi connectivity index (χ0) is 19.1. The van der Waals surface area contributed by atoms with Gasteiger partial charge >= 0.3 is 188 Å². The van der Waals surface area contributed by atoms with Gasteiger partial charge in [-0.2, -0.15) is 0 Å². The maximum atomic E-state index is 6.11. The van der Waals surface area contributed by atoms with Crippen LogP contribution in [0.3, 0.4) is 0 Å². The summed E-state index contributed by atoms with van der Waals surface area (Å²) in [6.45, 7) is 11.5. The zero-order valence-electron chi connectivity index (χ0n) is 11.6. The number of halogens is 9. The van der Waals surface area contributed by atoms with Crippen LogP contribution in [-0.2, 0) is 0 Å². The normalized spacial score (nSPS) is 12.7. The van der Waals surface area contributed by atoms with E-state index in [9.17, 15) is 0 Å². The van der Waals surface area contributed by atoms with E-state index in [0.29, 0.717) is 11.1 Å². The Bertz CT molecular complexity index is 661. The van der Waals surface area contributed by atoms with E-state index in [1.54, 1.807) is 5.96 Å². The van der Waals surface area contributed by atoms with Crippen molar-refractivity contribution in [1.29, 1.82) is 0 Å². The van der Waals surface area contributed by atoms with Gasteiger partial charge in [0.05, 0.1) is 0 Å². The van der Waals surface area contributed by atoms with Crippen molar-refractivity contribution in [3.05, 3.63) is 42.5 Å². The Kier molecular flexibility index (Phi) is 8.41. The molecule has 0 amide bonds. The number of nitrogens with zero attached hydrogens (tertiary/aromatic N) is 1. The summed E-state index contributed by atoms with van der Waals surface area (Å²) in [6.07, 6.45) is 0. The molecule has 0 aliphatic carbocycles. The molecule has 0 saturated carbocycles. The van der Waals surface area contributed by atoms with Gasteiger partial charge in [0.15, 0.2) is 0 Å². The first-order chi connectivity index (χ1) is 10.6. The third-order valence-electron chi connectivity index (χ3n) is 2.89. The number of aromatic nitrogens is 1. The van der Waals surface area contributed by atoms with Gasteiger partial charge in [-0.25, -0.2) is 0 Å². The quantitative estimate of drug-likeness (QED) is 0.271. The zero-order valence-corrected chi connectivity index (χ0v) is 21.4. The van der Waals surface area contributed by atoms with Crippen LogP contribution < -0.4 is 0 Å².